The van der Waals surface area contributed by atoms with Gasteiger partial charge in [0.25, 0.3) is 0 Å². The molecule has 1 aliphatic heterocycles. The van der Waals surface area contributed by atoms with Crippen LogP contribution in [0.15, 0.2) is 12.4 Å². The van der Waals surface area contributed by atoms with Gasteiger partial charge in [0.2, 0.25) is 15.9 Å². The fourth-order valence-corrected chi connectivity index (χ4v) is 3.33. The van der Waals surface area contributed by atoms with Gasteiger partial charge in [-0.1, -0.05) is 0 Å². The normalized spacial score (nSPS) is 17.1. The van der Waals surface area contributed by atoms with Gasteiger partial charge in [-0.3, -0.25) is 19.6 Å². The van der Waals surface area contributed by atoms with Gasteiger partial charge in [-0.2, -0.15) is 5.10 Å². The lowest BCUT2D eigenvalue weighted by molar-refractivity contribution is -0.385. The van der Waals surface area contributed by atoms with Gasteiger partial charge in [0.1, 0.15) is 12.4 Å². The zero-order chi connectivity index (χ0) is 17.0. The highest BCUT2D eigenvalue weighted by atomic mass is 32.2. The Labute approximate surface area is 133 Å². The summed E-state index contributed by atoms with van der Waals surface area (Å²) in [6, 6.07) is 0. The summed E-state index contributed by atoms with van der Waals surface area (Å²) in [5, 5.41) is 17.1. The molecule has 0 aliphatic carbocycles. The summed E-state index contributed by atoms with van der Waals surface area (Å²) in [7, 11) is -3.20. The number of nitro groups is 1. The quantitative estimate of drug-likeness (QED) is 0.551. The average Bonchev–Trinajstić information content (AvgIpc) is 2.95. The average molecular weight is 345 g/mol. The van der Waals surface area contributed by atoms with E-state index in [2.05, 4.69) is 10.4 Å². The van der Waals surface area contributed by atoms with Crippen molar-refractivity contribution in [3.8, 4) is 0 Å². The molecule has 0 aromatic carbocycles. The molecule has 23 heavy (non-hydrogen) atoms. The van der Waals surface area contributed by atoms with Crippen LogP contribution >= 0.6 is 0 Å². The summed E-state index contributed by atoms with van der Waals surface area (Å²) in [6.45, 7) is 1.34. The third-order valence-electron chi connectivity index (χ3n) is 3.76. The lowest BCUT2D eigenvalue weighted by Crippen LogP contribution is -2.43. The molecule has 1 aromatic heterocycles. The first-order valence-corrected chi connectivity index (χ1v) is 9.02. The zero-order valence-corrected chi connectivity index (χ0v) is 13.5. The van der Waals surface area contributed by atoms with Crippen LogP contribution in [0.1, 0.15) is 12.8 Å². The molecular weight excluding hydrogens is 326 g/mol. The maximum Gasteiger partial charge on any atom is 0.306 e. The molecule has 128 valence electrons. The van der Waals surface area contributed by atoms with Crippen LogP contribution in [0.25, 0.3) is 0 Å². The predicted molar refractivity (Wildman–Crippen MR) is 81.0 cm³/mol. The fraction of sp³-hybridized carbons (Fsp3) is 0.667. The Bertz CT molecular complexity index is 678. The van der Waals surface area contributed by atoms with Gasteiger partial charge >= 0.3 is 5.69 Å². The minimum absolute atomic E-state index is 0.0931. The lowest BCUT2D eigenvalue weighted by Gasteiger charge is -2.29. The highest BCUT2D eigenvalue weighted by molar-refractivity contribution is 7.88. The second-order valence-electron chi connectivity index (χ2n) is 5.45. The van der Waals surface area contributed by atoms with Crippen LogP contribution in [-0.4, -0.2) is 59.2 Å². The van der Waals surface area contributed by atoms with Crippen molar-refractivity contribution in [2.45, 2.75) is 19.4 Å². The highest BCUT2D eigenvalue weighted by Crippen LogP contribution is 2.19. The van der Waals surface area contributed by atoms with Crippen molar-refractivity contribution in [3.05, 3.63) is 22.5 Å². The van der Waals surface area contributed by atoms with E-state index in [9.17, 15) is 23.3 Å². The number of hydrogen-bond donors (Lipinski definition) is 1. The van der Waals surface area contributed by atoms with Crippen LogP contribution < -0.4 is 5.32 Å². The first-order chi connectivity index (χ1) is 10.8. The maximum absolute atomic E-state index is 12.0. The van der Waals surface area contributed by atoms with E-state index in [1.54, 1.807) is 0 Å². The Kier molecular flexibility index (Phi) is 5.31. The Morgan fingerprint density at radius 2 is 2.13 bits per heavy atom. The largest absolute Gasteiger partial charge is 0.354 e. The third kappa shape index (κ3) is 4.73. The molecule has 2 rings (SSSR count). The van der Waals surface area contributed by atoms with Crippen molar-refractivity contribution in [2.24, 2.45) is 5.92 Å². The molecule has 0 bridgehead atoms. The molecule has 1 N–H and O–H groups in total. The lowest BCUT2D eigenvalue weighted by atomic mass is 9.97. The van der Waals surface area contributed by atoms with E-state index in [0.717, 1.165) is 12.5 Å². The molecule has 0 unspecified atom stereocenters. The van der Waals surface area contributed by atoms with E-state index in [1.165, 1.54) is 15.2 Å². The number of hydrogen-bond acceptors (Lipinski definition) is 6. The molecule has 11 heteroatoms. The van der Waals surface area contributed by atoms with Crippen LogP contribution in [0.5, 0.6) is 0 Å². The monoisotopic (exact) mass is 345 g/mol. The minimum atomic E-state index is -3.20. The second kappa shape index (κ2) is 7.04. The number of sulfonamides is 1. The van der Waals surface area contributed by atoms with Crippen LogP contribution in [0.2, 0.25) is 0 Å². The molecule has 1 fully saturated rings. The fourth-order valence-electron chi connectivity index (χ4n) is 2.46. The van der Waals surface area contributed by atoms with Crippen molar-refractivity contribution in [2.75, 3.05) is 25.9 Å². The number of carbonyl (C=O) groups is 1. The summed E-state index contributed by atoms with van der Waals surface area (Å²) in [5.74, 6) is -0.334. The Morgan fingerprint density at radius 1 is 1.48 bits per heavy atom. The van der Waals surface area contributed by atoms with Crippen molar-refractivity contribution in [1.29, 1.82) is 0 Å². The number of rotatable bonds is 6. The van der Waals surface area contributed by atoms with Gasteiger partial charge in [0, 0.05) is 25.6 Å². The topological polar surface area (TPSA) is 127 Å². The number of carbonyl (C=O) groups excluding carboxylic acids is 1. The van der Waals surface area contributed by atoms with Crippen LogP contribution in [0.4, 0.5) is 5.69 Å². The standard InChI is InChI=1S/C12H19N5O5S/c1-23(21,22)16-5-2-10(3-6-16)12(18)13-4-7-15-9-11(8-14-15)17(19)20/h8-10H,2-7H2,1H3,(H,13,18). The Balaban J connectivity index is 1.74. The smallest absolute Gasteiger partial charge is 0.306 e. The zero-order valence-electron chi connectivity index (χ0n) is 12.7. The molecule has 0 radical (unpaired) electrons. The minimum Gasteiger partial charge on any atom is -0.354 e. The van der Waals surface area contributed by atoms with Gasteiger partial charge in [0.15, 0.2) is 0 Å². The molecule has 2 heterocycles. The van der Waals surface area contributed by atoms with Crippen LogP contribution in [-0.2, 0) is 21.4 Å². The van der Waals surface area contributed by atoms with E-state index in [1.807, 2.05) is 0 Å². The van der Waals surface area contributed by atoms with Crippen LogP contribution in [0.3, 0.4) is 0 Å². The van der Waals surface area contributed by atoms with Crippen molar-refractivity contribution in [1.82, 2.24) is 19.4 Å². The van der Waals surface area contributed by atoms with Crippen molar-refractivity contribution >= 4 is 21.6 Å². The van der Waals surface area contributed by atoms with Crippen molar-refractivity contribution < 1.29 is 18.1 Å². The van der Waals surface area contributed by atoms with E-state index in [-0.39, 0.29) is 17.5 Å². The van der Waals surface area contributed by atoms with E-state index in [0.29, 0.717) is 39.0 Å². The Hall–Kier alpha value is -2.01. The second-order valence-corrected chi connectivity index (χ2v) is 7.43. The molecule has 0 atom stereocenters. The third-order valence-corrected chi connectivity index (χ3v) is 5.07. The maximum atomic E-state index is 12.0. The summed E-state index contributed by atoms with van der Waals surface area (Å²) in [5.41, 5.74) is -0.0931. The Morgan fingerprint density at radius 3 is 2.65 bits per heavy atom. The first kappa shape index (κ1) is 17.3. The summed E-state index contributed by atoms with van der Waals surface area (Å²) in [4.78, 5) is 22.0. The first-order valence-electron chi connectivity index (χ1n) is 7.17. The van der Waals surface area contributed by atoms with E-state index in [4.69, 9.17) is 0 Å². The molecule has 1 saturated heterocycles. The molecule has 1 aromatic rings. The molecule has 0 spiro atoms. The van der Waals surface area contributed by atoms with Gasteiger partial charge in [-0.15, -0.1) is 0 Å². The molecule has 0 saturated carbocycles. The van der Waals surface area contributed by atoms with Gasteiger partial charge in [-0.05, 0) is 12.8 Å². The van der Waals surface area contributed by atoms with Crippen molar-refractivity contribution in [3.63, 3.8) is 0 Å². The molecule has 1 amide bonds. The highest BCUT2D eigenvalue weighted by Gasteiger charge is 2.28. The summed E-state index contributed by atoms with van der Waals surface area (Å²) >= 11 is 0. The number of aromatic nitrogens is 2. The summed E-state index contributed by atoms with van der Waals surface area (Å²) < 4.78 is 25.6. The van der Waals surface area contributed by atoms with Crippen LogP contribution in [0, 0.1) is 16.0 Å². The van der Waals surface area contributed by atoms with Gasteiger partial charge in [0.05, 0.1) is 17.7 Å². The molecule has 1 aliphatic rings. The molecule has 10 nitrogen and oxygen atoms in total. The number of piperidine rings is 1. The number of amides is 1. The predicted octanol–water partition coefficient (Wildman–Crippen LogP) is -0.421. The van der Waals surface area contributed by atoms with E-state index < -0.39 is 14.9 Å². The number of nitrogens with zero attached hydrogens (tertiary/aromatic N) is 4. The number of nitrogens with one attached hydrogen (secondary N) is 1. The van der Waals surface area contributed by atoms with Gasteiger partial charge < -0.3 is 5.32 Å². The van der Waals surface area contributed by atoms with Gasteiger partial charge in [-0.25, -0.2) is 12.7 Å². The molecular formula is C12H19N5O5S. The SMILES string of the molecule is CS(=O)(=O)N1CCC(C(=O)NCCn2cc([N+](=O)[O-])cn2)CC1. The van der Waals surface area contributed by atoms with E-state index >= 15 is 0 Å². The summed E-state index contributed by atoms with van der Waals surface area (Å²) in [6.07, 6.45) is 4.61.